The monoisotopic (exact) mass is 612 g/mol. The molecule has 2 atom stereocenters. The molecule has 165 valence electrons. The zero-order chi connectivity index (χ0) is 33.3. The number of fused-ring (bicyclic) bond motifs is 6. The third-order valence-corrected chi connectivity index (χ3v) is 5.35. The van der Waals surface area contributed by atoms with Gasteiger partial charge in [0.1, 0.15) is 0 Å². The minimum atomic E-state index is -3.09. The van der Waals surface area contributed by atoms with E-state index in [0.29, 0.717) is 16.6 Å². The summed E-state index contributed by atoms with van der Waals surface area (Å²) in [6, 6.07) is 20.0. The van der Waals surface area contributed by atoms with Crippen LogP contribution in [0.5, 0.6) is 0 Å². The molecule has 2 heterocycles. The quantitative estimate of drug-likeness (QED) is 0.149. The summed E-state index contributed by atoms with van der Waals surface area (Å²) in [5.74, 6) is -4.32. The van der Waals surface area contributed by atoms with E-state index in [4.69, 9.17) is 19.2 Å². The Hall–Kier alpha value is -2.48. The van der Waals surface area contributed by atoms with Crippen LogP contribution in [0.25, 0.3) is 38.6 Å². The van der Waals surface area contributed by atoms with Gasteiger partial charge in [0.15, 0.2) is 0 Å². The first-order chi connectivity index (χ1) is 20.7. The topological polar surface area (TPSA) is 17.3 Å². The summed E-state index contributed by atoms with van der Waals surface area (Å²) in [7, 11) is 0. The first-order valence-electron chi connectivity index (χ1n) is 17.1. The van der Waals surface area contributed by atoms with E-state index in [1.807, 2.05) is 24.3 Å². The Morgan fingerprint density at radius 3 is 2.31 bits per heavy atom. The molecule has 0 aliphatic heterocycles. The number of pyridine rings is 1. The summed E-state index contributed by atoms with van der Waals surface area (Å²) in [5.41, 5.74) is 1.02. The summed E-state index contributed by atoms with van der Waals surface area (Å²) in [4.78, 5) is 4.62. The van der Waals surface area contributed by atoms with Gasteiger partial charge < -0.3 is 4.40 Å². The number of imidazole rings is 1. The molecule has 3 aromatic carbocycles. The summed E-state index contributed by atoms with van der Waals surface area (Å²) in [5, 5.41) is 2.24. The zero-order valence-corrected chi connectivity index (χ0v) is 19.3. The normalized spacial score (nSPS) is 21.7. The van der Waals surface area contributed by atoms with Crippen LogP contribution in [-0.2, 0) is 32.9 Å². The van der Waals surface area contributed by atoms with Crippen molar-refractivity contribution in [3.8, 4) is 11.3 Å². The summed E-state index contributed by atoms with van der Waals surface area (Å²) >= 11 is 0. The van der Waals surface area contributed by atoms with Crippen molar-refractivity contribution in [2.45, 2.75) is 40.2 Å². The Kier molecular flexibility index (Phi) is 3.18. The van der Waals surface area contributed by atoms with Crippen LogP contribution in [0.1, 0.15) is 57.7 Å². The molecule has 0 spiro atoms. The van der Waals surface area contributed by atoms with Crippen LogP contribution in [0, 0.1) is 17.9 Å². The van der Waals surface area contributed by atoms with E-state index in [2.05, 4.69) is 11.1 Å². The minimum absolute atomic E-state index is 0. The predicted molar refractivity (Wildman–Crippen MR) is 132 cm³/mol. The standard InChI is InChI=1S/C29H29N2.Ir/c1-19(2)16-21-10-9-11-22(17-20(3)4)28(21)27-18-30-29-25-14-6-5-12-23(25)24-13-7-8-15-26(24)31(27)29;/h5-13,15,18-20H,16-17H2,1-4H3;/q-1;/i1D3,2D3,3D3,4D3,16D,17D;. The molecule has 0 aliphatic rings. The molecule has 32 heavy (non-hydrogen) atoms. The van der Waals surface area contributed by atoms with Crippen molar-refractivity contribution in [1.29, 1.82) is 0 Å². The maximum Gasteiger partial charge on any atom is 0.0639 e. The van der Waals surface area contributed by atoms with Gasteiger partial charge in [-0.25, -0.2) is 0 Å². The first kappa shape index (κ1) is 11.1. The Labute approximate surface area is 223 Å². The fourth-order valence-corrected chi connectivity index (χ4v) is 4.21. The fraction of sp³-hybridized carbons (Fsp3) is 0.276. The molecule has 2 aromatic heterocycles. The number of para-hydroxylation sites is 1. The van der Waals surface area contributed by atoms with E-state index in [-0.39, 0.29) is 42.5 Å². The van der Waals surface area contributed by atoms with E-state index >= 15 is 0 Å². The van der Waals surface area contributed by atoms with Crippen molar-refractivity contribution < 1.29 is 39.3 Å². The van der Waals surface area contributed by atoms with Gasteiger partial charge in [0.05, 0.1) is 11.3 Å². The second kappa shape index (κ2) is 9.17. The van der Waals surface area contributed by atoms with E-state index < -0.39 is 52.0 Å². The third-order valence-electron chi connectivity index (χ3n) is 5.35. The molecule has 0 saturated heterocycles. The van der Waals surface area contributed by atoms with Gasteiger partial charge in [0, 0.05) is 56.6 Å². The average molecular weight is 612 g/mol. The van der Waals surface area contributed by atoms with E-state index in [0.717, 1.165) is 10.8 Å². The molecule has 2 nitrogen and oxygen atoms in total. The van der Waals surface area contributed by atoms with Crippen LogP contribution >= 0.6 is 0 Å². The third kappa shape index (κ3) is 3.89. The summed E-state index contributed by atoms with van der Waals surface area (Å²) < 4.78 is 116. The number of hydrogen-bond donors (Lipinski definition) is 0. The molecular weight excluding hydrogens is 569 g/mol. The van der Waals surface area contributed by atoms with Crippen LogP contribution in [0.2, 0.25) is 0 Å². The number of rotatable bonds is 5. The Balaban J connectivity index is 0.00000480. The first-order valence-corrected chi connectivity index (χ1v) is 9.91. The van der Waals surface area contributed by atoms with Crippen LogP contribution in [0.4, 0.5) is 0 Å². The molecule has 0 aliphatic carbocycles. The second-order valence-corrected chi connectivity index (χ2v) is 7.38. The van der Waals surface area contributed by atoms with Crippen LogP contribution in [0.3, 0.4) is 0 Å². The molecule has 0 bridgehead atoms. The largest absolute Gasteiger partial charge is 0.333 e. The molecule has 0 N–H and O–H groups in total. The van der Waals surface area contributed by atoms with Crippen molar-refractivity contribution in [3.63, 3.8) is 0 Å². The molecular formula is C29H29IrN2-. The van der Waals surface area contributed by atoms with E-state index in [1.54, 1.807) is 22.6 Å². The second-order valence-electron chi connectivity index (χ2n) is 7.38. The van der Waals surface area contributed by atoms with Gasteiger partial charge in [-0.15, -0.1) is 29.7 Å². The van der Waals surface area contributed by atoms with Gasteiger partial charge in [0.2, 0.25) is 0 Å². The Morgan fingerprint density at radius 2 is 1.59 bits per heavy atom. The van der Waals surface area contributed by atoms with Gasteiger partial charge in [0.25, 0.3) is 0 Å². The molecule has 0 saturated carbocycles. The van der Waals surface area contributed by atoms with Crippen molar-refractivity contribution in [1.82, 2.24) is 9.38 Å². The number of hydrogen-bond acceptors (Lipinski definition) is 1. The van der Waals surface area contributed by atoms with Crippen molar-refractivity contribution in [2.75, 3.05) is 0 Å². The molecule has 2 unspecified atom stereocenters. The van der Waals surface area contributed by atoms with Crippen molar-refractivity contribution >= 4 is 27.3 Å². The van der Waals surface area contributed by atoms with Crippen LogP contribution in [-0.4, -0.2) is 9.38 Å². The smallest absolute Gasteiger partial charge is 0.0639 e. The van der Waals surface area contributed by atoms with E-state index in [9.17, 15) is 0 Å². The number of benzene rings is 3. The fourth-order valence-electron chi connectivity index (χ4n) is 4.21. The van der Waals surface area contributed by atoms with Crippen molar-refractivity contribution in [3.05, 3.63) is 84.1 Å². The maximum absolute atomic E-state index is 9.08. The van der Waals surface area contributed by atoms with Gasteiger partial charge in [-0.05, 0) is 47.2 Å². The average Bonchev–Trinajstić information content (AvgIpc) is 3.35. The summed E-state index contributed by atoms with van der Waals surface area (Å²) in [6.07, 6.45) is -2.40. The number of nitrogens with zero attached hydrogens (tertiary/aromatic N) is 2. The minimum Gasteiger partial charge on any atom is -0.333 e. The van der Waals surface area contributed by atoms with Gasteiger partial charge >= 0.3 is 0 Å². The molecule has 1 radical (unpaired) electrons. The molecule has 5 aromatic rings. The van der Waals surface area contributed by atoms with Gasteiger partial charge in [-0.2, -0.15) is 0 Å². The van der Waals surface area contributed by atoms with Crippen molar-refractivity contribution in [2.24, 2.45) is 11.8 Å². The number of aromatic nitrogens is 2. The van der Waals surface area contributed by atoms with Gasteiger partial charge in [-0.1, -0.05) is 69.2 Å². The summed E-state index contributed by atoms with van der Waals surface area (Å²) in [6.45, 7) is -12.4. The maximum atomic E-state index is 9.08. The molecule has 3 heteroatoms. The Bertz CT molecular complexity index is 1790. The molecule has 0 fully saturated rings. The Morgan fingerprint density at radius 1 is 0.906 bits per heavy atom. The molecule has 0 amide bonds. The van der Waals surface area contributed by atoms with E-state index in [1.165, 1.54) is 24.4 Å². The van der Waals surface area contributed by atoms with Crippen LogP contribution < -0.4 is 0 Å². The van der Waals surface area contributed by atoms with Crippen LogP contribution in [0.15, 0.2) is 66.9 Å². The molecule has 5 rings (SSSR count). The predicted octanol–water partition coefficient (Wildman–Crippen LogP) is 7.50. The van der Waals surface area contributed by atoms with Gasteiger partial charge in [-0.3, -0.25) is 4.98 Å². The zero-order valence-electron chi connectivity index (χ0n) is 30.9. The SMILES string of the molecule is [2H]C(c1cccc(C([2H])C(C([2H])([2H])[2H])C([2H])([2H])[2H])c1-c1cnc2c3[c-]cccc3c3ccccc3n12)C(C([2H])([2H])[2H])C([2H])([2H])[2H].[Ir].